The van der Waals surface area contributed by atoms with Crippen molar-refractivity contribution in [1.82, 2.24) is 10.3 Å². The first kappa shape index (κ1) is 15.5. The van der Waals surface area contributed by atoms with Crippen LogP contribution in [0.2, 0.25) is 0 Å². The number of carbonyl (C=O) groups excluding carboxylic acids is 1. The maximum Gasteiger partial charge on any atom is 0.222 e. The van der Waals surface area contributed by atoms with E-state index in [0.717, 1.165) is 15.7 Å². The smallest absolute Gasteiger partial charge is 0.222 e. The number of nitrogens with one attached hydrogen (secondary N) is 2. The zero-order chi connectivity index (χ0) is 15.1. The quantitative estimate of drug-likeness (QED) is 0.843. The van der Waals surface area contributed by atoms with Gasteiger partial charge in [-0.1, -0.05) is 28.1 Å². The standard InChI is InChI=1S/C16H18BrN3O/c1-12-4-5-14(9-15(12)17)19-8-6-16(21)20-11-13-3-2-7-18-10-13/h2-5,7,9-10,19H,6,8,11H2,1H3,(H,20,21). The molecule has 0 aliphatic heterocycles. The molecule has 0 radical (unpaired) electrons. The molecule has 2 N–H and O–H groups in total. The van der Waals surface area contributed by atoms with E-state index in [1.807, 2.05) is 37.3 Å². The molecule has 4 nitrogen and oxygen atoms in total. The van der Waals surface area contributed by atoms with E-state index in [4.69, 9.17) is 0 Å². The Morgan fingerprint density at radius 1 is 1.33 bits per heavy atom. The van der Waals surface area contributed by atoms with E-state index in [1.54, 1.807) is 12.4 Å². The second kappa shape index (κ2) is 7.78. The summed E-state index contributed by atoms with van der Waals surface area (Å²) in [5.74, 6) is 0.0255. The van der Waals surface area contributed by atoms with Crippen LogP contribution in [0.25, 0.3) is 0 Å². The number of pyridine rings is 1. The summed E-state index contributed by atoms with van der Waals surface area (Å²) in [6, 6.07) is 9.86. The average Bonchev–Trinajstić information content (AvgIpc) is 2.50. The lowest BCUT2D eigenvalue weighted by atomic mass is 10.2. The van der Waals surface area contributed by atoms with Crippen LogP contribution in [0.5, 0.6) is 0 Å². The zero-order valence-electron chi connectivity index (χ0n) is 11.9. The molecule has 110 valence electrons. The number of carbonyl (C=O) groups is 1. The van der Waals surface area contributed by atoms with Crippen molar-refractivity contribution in [3.05, 3.63) is 58.3 Å². The number of rotatable bonds is 6. The number of aromatic nitrogens is 1. The van der Waals surface area contributed by atoms with E-state index in [0.29, 0.717) is 19.5 Å². The van der Waals surface area contributed by atoms with Gasteiger partial charge < -0.3 is 10.6 Å². The minimum atomic E-state index is 0.0255. The molecule has 0 atom stereocenters. The molecule has 1 aromatic carbocycles. The van der Waals surface area contributed by atoms with Crippen LogP contribution in [0, 0.1) is 6.92 Å². The summed E-state index contributed by atoms with van der Waals surface area (Å²) in [6.45, 7) is 3.16. The SMILES string of the molecule is Cc1ccc(NCCC(=O)NCc2cccnc2)cc1Br. The third kappa shape index (κ3) is 5.19. The molecule has 0 saturated heterocycles. The van der Waals surface area contributed by atoms with Gasteiger partial charge in [0.05, 0.1) is 0 Å². The predicted octanol–water partition coefficient (Wildman–Crippen LogP) is 3.27. The van der Waals surface area contributed by atoms with Crippen molar-refractivity contribution in [2.24, 2.45) is 0 Å². The van der Waals surface area contributed by atoms with E-state index in [9.17, 15) is 4.79 Å². The molecule has 21 heavy (non-hydrogen) atoms. The molecule has 0 aliphatic rings. The van der Waals surface area contributed by atoms with Crippen LogP contribution in [0.4, 0.5) is 5.69 Å². The first-order valence-corrected chi connectivity index (χ1v) is 7.60. The van der Waals surface area contributed by atoms with Crippen LogP contribution < -0.4 is 10.6 Å². The van der Waals surface area contributed by atoms with Crippen molar-refractivity contribution in [2.75, 3.05) is 11.9 Å². The second-order valence-electron chi connectivity index (χ2n) is 4.78. The van der Waals surface area contributed by atoms with Crippen molar-refractivity contribution in [3.8, 4) is 0 Å². The Morgan fingerprint density at radius 3 is 2.90 bits per heavy atom. The van der Waals surface area contributed by atoms with Crippen LogP contribution >= 0.6 is 15.9 Å². The first-order chi connectivity index (χ1) is 10.1. The number of halogens is 1. The number of benzene rings is 1. The minimum absolute atomic E-state index is 0.0255. The van der Waals surface area contributed by atoms with Crippen LogP contribution in [0.1, 0.15) is 17.5 Å². The van der Waals surface area contributed by atoms with Crippen molar-refractivity contribution in [2.45, 2.75) is 19.9 Å². The van der Waals surface area contributed by atoms with Gasteiger partial charge in [-0.05, 0) is 36.2 Å². The molecule has 1 heterocycles. The van der Waals surface area contributed by atoms with Gasteiger partial charge in [-0.3, -0.25) is 9.78 Å². The molecule has 0 fully saturated rings. The van der Waals surface area contributed by atoms with Gasteiger partial charge in [0.25, 0.3) is 0 Å². The minimum Gasteiger partial charge on any atom is -0.384 e. The number of nitrogens with zero attached hydrogens (tertiary/aromatic N) is 1. The summed E-state index contributed by atoms with van der Waals surface area (Å²) in [5, 5.41) is 6.12. The highest BCUT2D eigenvalue weighted by Crippen LogP contribution is 2.20. The summed E-state index contributed by atoms with van der Waals surface area (Å²) < 4.78 is 1.06. The molecule has 0 bridgehead atoms. The molecule has 0 spiro atoms. The van der Waals surface area contributed by atoms with E-state index < -0.39 is 0 Å². The molecule has 2 rings (SSSR count). The van der Waals surface area contributed by atoms with Gasteiger partial charge in [-0.2, -0.15) is 0 Å². The Hall–Kier alpha value is -1.88. The first-order valence-electron chi connectivity index (χ1n) is 6.81. The maximum absolute atomic E-state index is 11.7. The largest absolute Gasteiger partial charge is 0.384 e. The van der Waals surface area contributed by atoms with E-state index in [1.165, 1.54) is 5.56 Å². The summed E-state index contributed by atoms with van der Waals surface area (Å²) in [4.78, 5) is 15.8. The van der Waals surface area contributed by atoms with E-state index in [-0.39, 0.29) is 5.91 Å². The van der Waals surface area contributed by atoms with E-state index >= 15 is 0 Å². The number of amides is 1. The Kier molecular flexibility index (Phi) is 5.75. The van der Waals surface area contributed by atoms with Crippen LogP contribution in [0.15, 0.2) is 47.2 Å². The van der Waals surface area contributed by atoms with Gasteiger partial charge in [0.2, 0.25) is 5.91 Å². The van der Waals surface area contributed by atoms with Crippen LogP contribution in [-0.4, -0.2) is 17.4 Å². The molecular formula is C16H18BrN3O. The van der Waals surface area contributed by atoms with Crippen molar-refractivity contribution < 1.29 is 4.79 Å². The lowest BCUT2D eigenvalue weighted by molar-refractivity contribution is -0.121. The fourth-order valence-corrected chi connectivity index (χ4v) is 2.19. The summed E-state index contributed by atoms with van der Waals surface area (Å²) in [7, 11) is 0. The van der Waals surface area contributed by atoms with Gasteiger partial charge >= 0.3 is 0 Å². The molecule has 1 amide bonds. The van der Waals surface area contributed by atoms with Crippen molar-refractivity contribution in [1.29, 1.82) is 0 Å². The zero-order valence-corrected chi connectivity index (χ0v) is 13.5. The fourth-order valence-electron chi connectivity index (χ4n) is 1.81. The molecule has 1 aromatic heterocycles. The highest BCUT2D eigenvalue weighted by molar-refractivity contribution is 9.10. The number of aryl methyl sites for hydroxylation is 1. The molecule has 0 aliphatic carbocycles. The molecule has 2 aromatic rings. The maximum atomic E-state index is 11.7. The van der Waals surface area contributed by atoms with Crippen LogP contribution in [-0.2, 0) is 11.3 Å². The average molecular weight is 348 g/mol. The number of anilines is 1. The Bertz CT molecular complexity index is 602. The topological polar surface area (TPSA) is 54.0 Å². The molecule has 5 heteroatoms. The van der Waals surface area contributed by atoms with Gasteiger partial charge in [-0.15, -0.1) is 0 Å². The molecule has 0 unspecified atom stereocenters. The third-order valence-corrected chi connectivity index (χ3v) is 3.92. The lowest BCUT2D eigenvalue weighted by Gasteiger charge is -2.08. The molecule has 0 saturated carbocycles. The van der Waals surface area contributed by atoms with Crippen molar-refractivity contribution >= 4 is 27.5 Å². The number of hydrogen-bond acceptors (Lipinski definition) is 3. The highest BCUT2D eigenvalue weighted by Gasteiger charge is 2.02. The summed E-state index contributed by atoms with van der Waals surface area (Å²) >= 11 is 3.49. The van der Waals surface area contributed by atoms with Crippen LogP contribution in [0.3, 0.4) is 0 Å². The Balaban J connectivity index is 1.70. The Labute approximate surface area is 133 Å². The third-order valence-electron chi connectivity index (χ3n) is 3.07. The van der Waals surface area contributed by atoms with Gasteiger partial charge in [0, 0.05) is 42.1 Å². The molecular weight excluding hydrogens is 330 g/mol. The Morgan fingerprint density at radius 2 is 2.19 bits per heavy atom. The number of hydrogen-bond donors (Lipinski definition) is 2. The predicted molar refractivity (Wildman–Crippen MR) is 88.1 cm³/mol. The van der Waals surface area contributed by atoms with Gasteiger partial charge in [0.1, 0.15) is 0 Å². The lowest BCUT2D eigenvalue weighted by Crippen LogP contribution is -2.24. The highest BCUT2D eigenvalue weighted by atomic mass is 79.9. The summed E-state index contributed by atoms with van der Waals surface area (Å²) in [6.07, 6.45) is 3.91. The fraction of sp³-hybridized carbons (Fsp3) is 0.250. The normalized spacial score (nSPS) is 10.2. The van der Waals surface area contributed by atoms with E-state index in [2.05, 4.69) is 31.5 Å². The van der Waals surface area contributed by atoms with Crippen molar-refractivity contribution in [3.63, 3.8) is 0 Å². The summed E-state index contributed by atoms with van der Waals surface area (Å²) in [5.41, 5.74) is 3.20. The second-order valence-corrected chi connectivity index (χ2v) is 5.63. The van der Waals surface area contributed by atoms with Gasteiger partial charge in [-0.25, -0.2) is 0 Å². The van der Waals surface area contributed by atoms with Gasteiger partial charge in [0.15, 0.2) is 0 Å². The monoisotopic (exact) mass is 347 g/mol.